The maximum absolute atomic E-state index is 14.9. The Morgan fingerprint density at radius 1 is 0.698 bits per heavy atom. The first-order valence-corrected chi connectivity index (χ1v) is 13.3. The third-order valence-electron chi connectivity index (χ3n) is 6.99. The molecule has 11 heteroatoms. The van der Waals surface area contributed by atoms with E-state index in [4.69, 9.17) is 9.47 Å². The first kappa shape index (κ1) is 30.5. The maximum atomic E-state index is 14.9. The van der Waals surface area contributed by atoms with Crippen molar-refractivity contribution in [3.05, 3.63) is 113 Å². The molecule has 0 bridgehead atoms. The standard InChI is InChI=1S/C32H24F8O3/c1-2-3-17-15-41-31(42-16-17)19-6-4-18(5-7-19)20-10-25(34)29(26(35)11-20)32(39,40)43-22-8-9-23(24(33)14-22)21-12-27(36)30(38)28(37)13-21/h4-14,17,31H,2-3,15-16H2,1H3. The first-order chi connectivity index (χ1) is 20.5. The Hall–Kier alpha value is -3.96. The number of benzene rings is 4. The highest BCUT2D eigenvalue weighted by molar-refractivity contribution is 5.66. The summed E-state index contributed by atoms with van der Waals surface area (Å²) in [6.07, 6.45) is -3.18. The van der Waals surface area contributed by atoms with Crippen molar-refractivity contribution in [1.82, 2.24) is 0 Å². The third kappa shape index (κ3) is 6.52. The van der Waals surface area contributed by atoms with Gasteiger partial charge in [0.25, 0.3) is 0 Å². The van der Waals surface area contributed by atoms with E-state index in [1.165, 1.54) is 0 Å². The zero-order chi connectivity index (χ0) is 30.9. The summed E-state index contributed by atoms with van der Waals surface area (Å²) in [5.74, 6) is -9.94. The Labute approximate surface area is 241 Å². The van der Waals surface area contributed by atoms with Crippen LogP contribution in [0.25, 0.3) is 22.3 Å². The molecule has 1 saturated heterocycles. The highest BCUT2D eigenvalue weighted by Gasteiger charge is 2.41. The fourth-order valence-electron chi connectivity index (χ4n) is 4.86. The zero-order valence-corrected chi connectivity index (χ0v) is 22.6. The SMILES string of the molecule is CCCC1COC(c2ccc(-c3cc(F)c(C(F)(F)Oc4ccc(-c5cc(F)c(F)c(F)c5)c(F)c4)c(F)c3)cc2)OC1. The van der Waals surface area contributed by atoms with Crippen molar-refractivity contribution in [2.75, 3.05) is 13.2 Å². The molecule has 1 aliphatic heterocycles. The van der Waals surface area contributed by atoms with Gasteiger partial charge in [0.1, 0.15) is 28.8 Å². The molecule has 5 rings (SSSR count). The van der Waals surface area contributed by atoms with Gasteiger partial charge in [0.05, 0.1) is 13.2 Å². The van der Waals surface area contributed by atoms with Gasteiger partial charge < -0.3 is 14.2 Å². The molecule has 0 aromatic heterocycles. The van der Waals surface area contributed by atoms with Gasteiger partial charge in [-0.15, -0.1) is 0 Å². The highest BCUT2D eigenvalue weighted by Crippen LogP contribution is 2.38. The van der Waals surface area contributed by atoms with Crippen molar-refractivity contribution < 1.29 is 49.3 Å². The maximum Gasteiger partial charge on any atom is 0.432 e. The van der Waals surface area contributed by atoms with Gasteiger partial charge >= 0.3 is 6.11 Å². The average molecular weight is 609 g/mol. The summed E-state index contributed by atoms with van der Waals surface area (Å²) >= 11 is 0. The Morgan fingerprint density at radius 3 is 1.84 bits per heavy atom. The van der Waals surface area contributed by atoms with Gasteiger partial charge in [-0.25, -0.2) is 26.3 Å². The lowest BCUT2D eigenvalue weighted by Crippen LogP contribution is -2.26. The van der Waals surface area contributed by atoms with Crippen LogP contribution in [0.1, 0.15) is 37.2 Å². The van der Waals surface area contributed by atoms with Crippen LogP contribution in [0.5, 0.6) is 5.75 Å². The Morgan fingerprint density at radius 2 is 1.28 bits per heavy atom. The molecule has 0 saturated carbocycles. The molecule has 4 aromatic carbocycles. The van der Waals surface area contributed by atoms with Gasteiger partial charge in [0.15, 0.2) is 23.7 Å². The fraction of sp³-hybridized carbons (Fsp3) is 0.250. The molecule has 0 aliphatic carbocycles. The molecule has 4 aromatic rings. The molecular weight excluding hydrogens is 584 g/mol. The third-order valence-corrected chi connectivity index (χ3v) is 6.99. The Kier molecular flexibility index (Phi) is 8.75. The monoisotopic (exact) mass is 608 g/mol. The van der Waals surface area contributed by atoms with E-state index >= 15 is 0 Å². The molecule has 1 aliphatic rings. The summed E-state index contributed by atoms with van der Waals surface area (Å²) in [5.41, 5.74) is -1.57. The van der Waals surface area contributed by atoms with Crippen LogP contribution in [-0.4, -0.2) is 13.2 Å². The normalized spacial score (nSPS) is 17.2. The lowest BCUT2D eigenvalue weighted by atomic mass is 10.0. The second kappa shape index (κ2) is 12.3. The number of hydrogen-bond donors (Lipinski definition) is 0. The van der Waals surface area contributed by atoms with Crippen LogP contribution in [0.4, 0.5) is 35.1 Å². The van der Waals surface area contributed by atoms with E-state index in [9.17, 15) is 35.1 Å². The van der Waals surface area contributed by atoms with Crippen LogP contribution in [0.3, 0.4) is 0 Å². The quantitative estimate of drug-likeness (QED) is 0.147. The smallest absolute Gasteiger partial charge is 0.429 e. The predicted molar refractivity (Wildman–Crippen MR) is 141 cm³/mol. The molecule has 1 fully saturated rings. The van der Waals surface area contributed by atoms with E-state index < -0.39 is 69.7 Å². The van der Waals surface area contributed by atoms with Gasteiger partial charge in [0, 0.05) is 23.1 Å². The number of rotatable bonds is 8. The Bertz CT molecular complexity index is 1570. The minimum Gasteiger partial charge on any atom is -0.429 e. The molecule has 0 unspecified atom stereocenters. The molecule has 0 spiro atoms. The minimum atomic E-state index is -4.58. The van der Waals surface area contributed by atoms with Crippen LogP contribution in [0.15, 0.2) is 66.7 Å². The summed E-state index contributed by atoms with van der Waals surface area (Å²) in [4.78, 5) is 0. The topological polar surface area (TPSA) is 27.7 Å². The van der Waals surface area contributed by atoms with Gasteiger partial charge in [-0.3, -0.25) is 0 Å². The van der Waals surface area contributed by atoms with Crippen LogP contribution < -0.4 is 4.74 Å². The van der Waals surface area contributed by atoms with Crippen LogP contribution in [-0.2, 0) is 15.6 Å². The molecule has 1 heterocycles. The lowest BCUT2D eigenvalue weighted by Gasteiger charge is -2.29. The van der Waals surface area contributed by atoms with Crippen molar-refractivity contribution in [2.24, 2.45) is 5.92 Å². The molecule has 226 valence electrons. The van der Waals surface area contributed by atoms with Gasteiger partial charge in [-0.1, -0.05) is 37.6 Å². The molecule has 43 heavy (non-hydrogen) atoms. The number of halogens is 8. The van der Waals surface area contributed by atoms with Crippen LogP contribution >= 0.6 is 0 Å². The zero-order valence-electron chi connectivity index (χ0n) is 22.6. The summed E-state index contributed by atoms with van der Waals surface area (Å²) < 4.78 is 131. The van der Waals surface area contributed by atoms with Gasteiger partial charge in [0.2, 0.25) is 0 Å². The van der Waals surface area contributed by atoms with E-state index in [0.717, 1.165) is 37.1 Å². The summed E-state index contributed by atoms with van der Waals surface area (Å²) in [6, 6.07) is 11.0. The summed E-state index contributed by atoms with van der Waals surface area (Å²) in [7, 11) is 0. The van der Waals surface area contributed by atoms with Crippen molar-refractivity contribution in [3.63, 3.8) is 0 Å². The second-order valence-electron chi connectivity index (χ2n) is 10.1. The molecule has 0 amide bonds. The van der Waals surface area contributed by atoms with E-state index in [1.54, 1.807) is 24.3 Å². The second-order valence-corrected chi connectivity index (χ2v) is 10.1. The molecule has 0 N–H and O–H groups in total. The van der Waals surface area contributed by atoms with Crippen molar-refractivity contribution in [3.8, 4) is 28.0 Å². The van der Waals surface area contributed by atoms with E-state index in [2.05, 4.69) is 11.7 Å². The largest absolute Gasteiger partial charge is 0.432 e. The highest BCUT2D eigenvalue weighted by atomic mass is 19.3. The fourth-order valence-corrected chi connectivity index (χ4v) is 4.86. The van der Waals surface area contributed by atoms with Gasteiger partial charge in [-0.2, -0.15) is 8.78 Å². The predicted octanol–water partition coefficient (Wildman–Crippen LogP) is 9.45. The van der Waals surface area contributed by atoms with Crippen molar-refractivity contribution in [2.45, 2.75) is 32.2 Å². The first-order valence-electron chi connectivity index (χ1n) is 13.3. The van der Waals surface area contributed by atoms with E-state index in [0.29, 0.717) is 48.5 Å². The summed E-state index contributed by atoms with van der Waals surface area (Å²) in [5, 5.41) is 0. The van der Waals surface area contributed by atoms with Crippen LogP contribution in [0.2, 0.25) is 0 Å². The molecular formula is C32H24F8O3. The van der Waals surface area contributed by atoms with Gasteiger partial charge in [-0.05, 0) is 59.5 Å². The lowest BCUT2D eigenvalue weighted by molar-refractivity contribution is -0.206. The molecule has 0 atom stereocenters. The van der Waals surface area contributed by atoms with E-state index in [-0.39, 0.29) is 5.56 Å². The van der Waals surface area contributed by atoms with Crippen molar-refractivity contribution >= 4 is 0 Å². The number of ether oxygens (including phenoxy) is 3. The molecule has 3 nitrogen and oxygen atoms in total. The summed E-state index contributed by atoms with van der Waals surface area (Å²) in [6.45, 7) is 3.16. The number of alkyl halides is 2. The minimum absolute atomic E-state index is 0.0243. The number of hydrogen-bond acceptors (Lipinski definition) is 3. The van der Waals surface area contributed by atoms with E-state index in [1.807, 2.05) is 0 Å². The van der Waals surface area contributed by atoms with Crippen LogP contribution in [0, 0.1) is 40.8 Å². The van der Waals surface area contributed by atoms with Crippen molar-refractivity contribution in [1.29, 1.82) is 0 Å². The molecule has 0 radical (unpaired) electrons. The average Bonchev–Trinajstić information content (AvgIpc) is 2.95. The Balaban J connectivity index is 1.33.